The first kappa shape index (κ1) is 44.3. The largest absolute Gasteiger partial charge is 0.489 e. The van der Waals surface area contributed by atoms with Gasteiger partial charge in [0.2, 0.25) is 5.91 Å². The molecule has 0 radical (unpaired) electrons. The lowest BCUT2D eigenvalue weighted by Gasteiger charge is -2.30. The second-order valence-electron chi connectivity index (χ2n) is 14.7. The molecule has 59 heavy (non-hydrogen) atoms. The van der Waals surface area contributed by atoms with Crippen LogP contribution in [0.5, 0.6) is 11.5 Å². The minimum atomic E-state index is -0.961. The summed E-state index contributed by atoms with van der Waals surface area (Å²) in [6.45, 7) is 3.11. The van der Waals surface area contributed by atoms with Crippen molar-refractivity contribution in [1.29, 1.82) is 0 Å². The van der Waals surface area contributed by atoms with Crippen molar-refractivity contribution in [2.45, 2.75) is 70.6 Å². The highest BCUT2D eigenvalue weighted by atomic mass is 16.5. The number of benzene rings is 5. The Labute approximate surface area is 349 Å². The van der Waals surface area contributed by atoms with Crippen molar-refractivity contribution in [3.63, 3.8) is 0 Å². The second kappa shape index (κ2) is 23.0. The lowest BCUT2D eigenvalue weighted by Crippen LogP contribution is -2.51. The molecule has 0 aliphatic carbocycles. The first-order chi connectivity index (χ1) is 28.7. The quantitative estimate of drug-likeness (QED) is 0.0478. The van der Waals surface area contributed by atoms with Gasteiger partial charge in [0.05, 0.1) is 12.1 Å². The van der Waals surface area contributed by atoms with Crippen molar-refractivity contribution in [1.82, 2.24) is 20.9 Å². The zero-order valence-corrected chi connectivity index (χ0v) is 34.9. The third-order valence-electron chi connectivity index (χ3n) is 10.5. The van der Waals surface area contributed by atoms with Gasteiger partial charge < -0.3 is 35.1 Å². The van der Waals surface area contributed by atoms with Gasteiger partial charge in [-0.25, -0.2) is 4.79 Å². The van der Waals surface area contributed by atoms with E-state index in [4.69, 9.17) is 14.2 Å². The van der Waals surface area contributed by atoms with Gasteiger partial charge in [0.1, 0.15) is 43.1 Å². The Hall–Kier alpha value is -5.81. The number of Topliss-reactive ketones (excluding diaryl/α,β-unsaturated/α-hetero) is 1. The second-order valence-corrected chi connectivity index (χ2v) is 14.7. The number of amides is 1. The van der Waals surface area contributed by atoms with Crippen LogP contribution in [0.25, 0.3) is 11.1 Å². The highest BCUT2D eigenvalue weighted by molar-refractivity contribution is 5.88. The first-order valence-corrected chi connectivity index (χ1v) is 20.3. The number of nitrogens with one attached hydrogen (secondary N) is 3. The molecule has 1 amide bonds. The molecule has 0 spiro atoms. The SMILES string of the molecule is CNCCC[C@H](NC)C(=O)N(C)[C@@H](Cc1cc(-c2ccc(OCc3ccccc3)c(C[C@H](NC)C(C)=O)c2)ccc1OCc1ccccc1)C(=O)OCc1ccccc1. The minimum absolute atomic E-state index is 0.0283. The summed E-state index contributed by atoms with van der Waals surface area (Å²) >= 11 is 0. The summed E-state index contributed by atoms with van der Waals surface area (Å²) in [6.07, 6.45) is 1.94. The molecule has 0 saturated heterocycles. The van der Waals surface area contributed by atoms with Crippen LogP contribution in [0.1, 0.15) is 47.6 Å². The fraction of sp³-hybridized carbons (Fsp3) is 0.327. The summed E-state index contributed by atoms with van der Waals surface area (Å²) in [6, 6.07) is 39.4. The van der Waals surface area contributed by atoms with Crippen molar-refractivity contribution in [3.8, 4) is 22.6 Å². The topological polar surface area (TPSA) is 118 Å². The van der Waals surface area contributed by atoms with Crippen LogP contribution in [0.4, 0.5) is 0 Å². The number of hydrogen-bond acceptors (Lipinski definition) is 9. The first-order valence-electron chi connectivity index (χ1n) is 20.3. The fourth-order valence-corrected chi connectivity index (χ4v) is 6.94. The van der Waals surface area contributed by atoms with Gasteiger partial charge in [0, 0.05) is 13.5 Å². The van der Waals surface area contributed by atoms with Gasteiger partial charge in [-0.15, -0.1) is 0 Å². The van der Waals surface area contributed by atoms with E-state index in [1.54, 1.807) is 28.1 Å². The molecule has 3 N–H and O–H groups in total. The number of nitrogens with zero attached hydrogens (tertiary/aromatic N) is 1. The van der Waals surface area contributed by atoms with Crippen LogP contribution in [0.3, 0.4) is 0 Å². The molecule has 10 heteroatoms. The lowest BCUT2D eigenvalue weighted by molar-refractivity contribution is -0.156. The van der Waals surface area contributed by atoms with Crippen LogP contribution in [-0.2, 0) is 51.8 Å². The standard InChI is InChI=1S/C49H58N4O6/c1-35(54)44(52-4)30-41-28-39(23-25-46(41)57-32-36-16-9-6-10-17-36)40-24-26-47(58-33-37-18-11-7-12-19-37)42(29-40)31-45(49(56)59-34-38-20-13-8-14-21-38)53(5)48(55)43(51-3)22-15-27-50-2/h6-14,16-21,23-26,28-29,43-45,50-52H,15,22,27,30-34H2,1-5H3/t43-,44-,45-/m0/s1. The van der Waals surface area contributed by atoms with Crippen LogP contribution in [0, 0.1) is 0 Å². The molecule has 0 aliphatic heterocycles. The van der Waals surface area contributed by atoms with E-state index in [0.717, 1.165) is 51.9 Å². The average Bonchev–Trinajstić information content (AvgIpc) is 3.27. The summed E-state index contributed by atoms with van der Waals surface area (Å²) in [5, 5.41) is 9.45. The maximum atomic E-state index is 14.2. The molecule has 10 nitrogen and oxygen atoms in total. The van der Waals surface area contributed by atoms with E-state index in [0.29, 0.717) is 37.6 Å². The Morgan fingerprint density at radius 2 is 1.08 bits per heavy atom. The zero-order chi connectivity index (χ0) is 42.0. The van der Waals surface area contributed by atoms with Crippen LogP contribution in [0.2, 0.25) is 0 Å². The van der Waals surface area contributed by atoms with Crippen molar-refractivity contribution < 1.29 is 28.6 Å². The summed E-state index contributed by atoms with van der Waals surface area (Å²) in [5.74, 6) is 0.596. The molecule has 0 aliphatic rings. The third-order valence-corrected chi connectivity index (χ3v) is 10.5. The van der Waals surface area contributed by atoms with Crippen molar-refractivity contribution in [2.75, 3.05) is 34.7 Å². The van der Waals surface area contributed by atoms with Gasteiger partial charge in [-0.3, -0.25) is 9.59 Å². The van der Waals surface area contributed by atoms with E-state index in [1.807, 2.05) is 128 Å². The van der Waals surface area contributed by atoms with E-state index in [-0.39, 0.29) is 24.7 Å². The van der Waals surface area contributed by atoms with Crippen molar-refractivity contribution in [3.05, 3.63) is 155 Å². The average molecular weight is 799 g/mol. The molecule has 5 aromatic carbocycles. The van der Waals surface area contributed by atoms with Crippen LogP contribution in [0.15, 0.2) is 127 Å². The molecule has 0 unspecified atom stereocenters. The molecule has 0 aromatic heterocycles. The lowest BCUT2D eigenvalue weighted by atomic mass is 9.94. The maximum absolute atomic E-state index is 14.2. The molecule has 0 heterocycles. The fourth-order valence-electron chi connectivity index (χ4n) is 6.94. The van der Waals surface area contributed by atoms with Crippen LogP contribution in [-0.4, -0.2) is 75.4 Å². The molecule has 3 atom stereocenters. The highest BCUT2D eigenvalue weighted by Gasteiger charge is 2.33. The number of ether oxygens (including phenoxy) is 3. The molecule has 310 valence electrons. The Bertz CT molecular complexity index is 2080. The predicted octanol–water partition coefficient (Wildman–Crippen LogP) is 6.93. The number of carbonyl (C=O) groups excluding carboxylic acids is 3. The van der Waals surface area contributed by atoms with E-state index in [2.05, 4.69) is 22.0 Å². The summed E-state index contributed by atoms with van der Waals surface area (Å²) in [4.78, 5) is 42.4. The number of carbonyl (C=O) groups is 3. The zero-order valence-electron chi connectivity index (χ0n) is 34.9. The van der Waals surface area contributed by atoms with Crippen molar-refractivity contribution >= 4 is 17.7 Å². The number of likely N-dealkylation sites (N-methyl/N-ethyl adjacent to an activating group) is 3. The van der Waals surface area contributed by atoms with E-state index in [1.165, 1.54) is 4.90 Å². The Morgan fingerprint density at radius 3 is 1.54 bits per heavy atom. The predicted molar refractivity (Wildman–Crippen MR) is 233 cm³/mol. The molecule has 5 rings (SSSR count). The summed E-state index contributed by atoms with van der Waals surface area (Å²) in [7, 11) is 7.10. The summed E-state index contributed by atoms with van der Waals surface area (Å²) in [5.41, 5.74) is 6.26. The Morgan fingerprint density at radius 1 is 0.610 bits per heavy atom. The third kappa shape index (κ3) is 13.1. The van der Waals surface area contributed by atoms with Gasteiger partial charge in [-0.2, -0.15) is 0 Å². The number of esters is 1. The van der Waals surface area contributed by atoms with Crippen LogP contribution < -0.4 is 25.4 Å². The summed E-state index contributed by atoms with van der Waals surface area (Å²) < 4.78 is 18.7. The minimum Gasteiger partial charge on any atom is -0.489 e. The highest BCUT2D eigenvalue weighted by Crippen LogP contribution is 2.33. The molecule has 0 saturated carbocycles. The van der Waals surface area contributed by atoms with E-state index < -0.39 is 24.1 Å². The normalized spacial score (nSPS) is 12.6. The van der Waals surface area contributed by atoms with Gasteiger partial charge >= 0.3 is 5.97 Å². The number of hydrogen-bond donors (Lipinski definition) is 3. The Kier molecular flexibility index (Phi) is 17.2. The smallest absolute Gasteiger partial charge is 0.329 e. The van der Waals surface area contributed by atoms with Crippen molar-refractivity contribution in [2.24, 2.45) is 0 Å². The van der Waals surface area contributed by atoms with Crippen LogP contribution >= 0.6 is 0 Å². The molecule has 0 fully saturated rings. The number of ketones is 1. The molecule has 0 bridgehead atoms. The van der Waals surface area contributed by atoms with Gasteiger partial charge in [-0.05, 0) is 117 Å². The van der Waals surface area contributed by atoms with Gasteiger partial charge in [0.15, 0.2) is 0 Å². The molecular formula is C49H58N4O6. The Balaban J connectivity index is 1.53. The van der Waals surface area contributed by atoms with E-state index >= 15 is 0 Å². The van der Waals surface area contributed by atoms with Gasteiger partial charge in [-0.1, -0.05) is 103 Å². The van der Waals surface area contributed by atoms with Gasteiger partial charge in [0.25, 0.3) is 0 Å². The monoisotopic (exact) mass is 798 g/mol. The molecular weight excluding hydrogens is 741 g/mol. The maximum Gasteiger partial charge on any atom is 0.329 e. The molecule has 5 aromatic rings. The van der Waals surface area contributed by atoms with E-state index in [9.17, 15) is 14.4 Å². The number of rotatable bonds is 23.